The van der Waals surface area contributed by atoms with E-state index in [9.17, 15) is 4.79 Å². The van der Waals surface area contributed by atoms with E-state index in [0.717, 1.165) is 10.9 Å². The summed E-state index contributed by atoms with van der Waals surface area (Å²) in [6, 6.07) is 1.90. The van der Waals surface area contributed by atoms with Crippen molar-refractivity contribution in [2.24, 2.45) is 7.05 Å². The molecule has 0 aliphatic rings. The Morgan fingerprint density at radius 3 is 2.69 bits per heavy atom. The average molecular weight is 216 g/mol. The van der Waals surface area contributed by atoms with Crippen LogP contribution in [0.3, 0.4) is 0 Å². The Morgan fingerprint density at radius 1 is 1.44 bits per heavy atom. The van der Waals surface area contributed by atoms with Crippen LogP contribution in [0.2, 0.25) is 0 Å². The van der Waals surface area contributed by atoms with Gasteiger partial charge in [0.2, 0.25) is 0 Å². The molecule has 0 amide bonds. The van der Waals surface area contributed by atoms with Crippen molar-refractivity contribution in [3.8, 4) is 0 Å². The third-order valence-corrected chi connectivity index (χ3v) is 2.89. The maximum atomic E-state index is 11.3. The van der Waals surface area contributed by atoms with Crippen LogP contribution in [-0.2, 0) is 7.05 Å². The lowest BCUT2D eigenvalue weighted by molar-refractivity contribution is 0.101. The molecular formula is C13H16N2O. The lowest BCUT2D eigenvalue weighted by atomic mass is 10.0. The van der Waals surface area contributed by atoms with E-state index in [0.29, 0.717) is 11.6 Å². The summed E-state index contributed by atoms with van der Waals surface area (Å²) in [7, 11) is 2.00. The summed E-state index contributed by atoms with van der Waals surface area (Å²) in [5, 5.41) is 1.14. The zero-order chi connectivity index (χ0) is 11.9. The molecule has 2 aromatic rings. The number of carbonyl (C=O) groups excluding carboxylic acids is 1. The fourth-order valence-electron chi connectivity index (χ4n) is 1.96. The lowest BCUT2D eigenvalue weighted by Gasteiger charge is -2.02. The zero-order valence-electron chi connectivity index (χ0n) is 10.1. The number of aromatic nitrogens is 2. The van der Waals surface area contributed by atoms with Gasteiger partial charge in [0.1, 0.15) is 5.69 Å². The monoisotopic (exact) mass is 216 g/mol. The minimum atomic E-state index is 0.0143. The van der Waals surface area contributed by atoms with Gasteiger partial charge in [-0.15, -0.1) is 0 Å². The summed E-state index contributed by atoms with van der Waals surface area (Å²) in [6.07, 6.45) is 3.89. The van der Waals surface area contributed by atoms with Crippen molar-refractivity contribution in [2.75, 3.05) is 0 Å². The molecule has 0 spiro atoms. The third kappa shape index (κ3) is 1.62. The Bertz CT molecular complexity index is 552. The molecule has 3 heteroatoms. The molecule has 2 rings (SSSR count). The summed E-state index contributed by atoms with van der Waals surface area (Å²) in [6.45, 7) is 5.86. The lowest BCUT2D eigenvalue weighted by Crippen LogP contribution is -1.96. The standard InChI is InChI=1S/C13H16N2O/c1-8(2)11-7-15(4)13-6-14-12(9(3)16)5-10(11)13/h5-8H,1-4H3. The van der Waals surface area contributed by atoms with Crippen LogP contribution in [0, 0.1) is 0 Å². The van der Waals surface area contributed by atoms with Crippen LogP contribution in [0.1, 0.15) is 42.7 Å². The summed E-state index contributed by atoms with van der Waals surface area (Å²) >= 11 is 0. The Balaban J connectivity index is 2.74. The van der Waals surface area contributed by atoms with E-state index in [1.54, 1.807) is 13.1 Å². The summed E-state index contributed by atoms with van der Waals surface area (Å²) in [5.74, 6) is 0.464. The van der Waals surface area contributed by atoms with Gasteiger partial charge >= 0.3 is 0 Å². The molecule has 0 aromatic carbocycles. The van der Waals surface area contributed by atoms with Crippen LogP contribution in [0.4, 0.5) is 0 Å². The van der Waals surface area contributed by atoms with Gasteiger partial charge < -0.3 is 4.57 Å². The van der Waals surface area contributed by atoms with Crippen molar-refractivity contribution in [1.29, 1.82) is 0 Å². The van der Waals surface area contributed by atoms with E-state index in [1.807, 2.05) is 13.1 Å². The average Bonchev–Trinajstić information content (AvgIpc) is 2.56. The first-order valence-electron chi connectivity index (χ1n) is 5.46. The second-order valence-corrected chi connectivity index (χ2v) is 4.49. The van der Waals surface area contributed by atoms with Crippen molar-refractivity contribution in [3.63, 3.8) is 0 Å². The van der Waals surface area contributed by atoms with Gasteiger partial charge in [-0.25, -0.2) is 0 Å². The molecule has 0 saturated heterocycles. The second-order valence-electron chi connectivity index (χ2n) is 4.49. The molecule has 2 heterocycles. The highest BCUT2D eigenvalue weighted by Crippen LogP contribution is 2.26. The highest BCUT2D eigenvalue weighted by Gasteiger charge is 2.12. The highest BCUT2D eigenvalue weighted by atomic mass is 16.1. The number of fused-ring (bicyclic) bond motifs is 1. The molecule has 84 valence electrons. The van der Waals surface area contributed by atoms with Gasteiger partial charge in [0, 0.05) is 25.6 Å². The Morgan fingerprint density at radius 2 is 2.12 bits per heavy atom. The van der Waals surface area contributed by atoms with Crippen LogP contribution >= 0.6 is 0 Å². The summed E-state index contributed by atoms with van der Waals surface area (Å²) in [5.41, 5.74) is 2.89. The van der Waals surface area contributed by atoms with Crippen LogP contribution in [0.25, 0.3) is 10.9 Å². The number of hydrogen-bond donors (Lipinski definition) is 0. The first kappa shape index (κ1) is 10.9. The second kappa shape index (κ2) is 3.74. The van der Waals surface area contributed by atoms with Gasteiger partial charge in [-0.1, -0.05) is 13.8 Å². The topological polar surface area (TPSA) is 34.9 Å². The van der Waals surface area contributed by atoms with Gasteiger partial charge in [0.05, 0.1) is 11.7 Å². The highest BCUT2D eigenvalue weighted by molar-refractivity contribution is 5.96. The molecule has 0 unspecified atom stereocenters. The molecule has 0 N–H and O–H groups in total. The van der Waals surface area contributed by atoms with Crippen LogP contribution < -0.4 is 0 Å². The maximum Gasteiger partial charge on any atom is 0.178 e. The zero-order valence-corrected chi connectivity index (χ0v) is 10.1. The normalized spacial score (nSPS) is 11.3. The fraction of sp³-hybridized carbons (Fsp3) is 0.385. The predicted octanol–water partition coefficient (Wildman–Crippen LogP) is 2.90. The van der Waals surface area contributed by atoms with Gasteiger partial charge in [-0.3, -0.25) is 9.78 Å². The van der Waals surface area contributed by atoms with E-state index < -0.39 is 0 Å². The molecule has 2 aromatic heterocycles. The number of carbonyl (C=O) groups is 1. The van der Waals surface area contributed by atoms with Gasteiger partial charge in [-0.2, -0.15) is 0 Å². The van der Waals surface area contributed by atoms with E-state index in [-0.39, 0.29) is 5.78 Å². The Hall–Kier alpha value is -1.64. The van der Waals surface area contributed by atoms with E-state index in [2.05, 4.69) is 29.6 Å². The number of Topliss-reactive ketones (excluding diaryl/α,β-unsaturated/α-hetero) is 1. The van der Waals surface area contributed by atoms with Gasteiger partial charge in [0.15, 0.2) is 5.78 Å². The summed E-state index contributed by atoms with van der Waals surface area (Å²) in [4.78, 5) is 15.5. The van der Waals surface area contributed by atoms with Crippen LogP contribution in [-0.4, -0.2) is 15.3 Å². The largest absolute Gasteiger partial charge is 0.349 e. The van der Waals surface area contributed by atoms with Crippen molar-refractivity contribution in [2.45, 2.75) is 26.7 Å². The molecule has 0 atom stereocenters. The number of nitrogens with zero attached hydrogens (tertiary/aromatic N) is 2. The smallest absolute Gasteiger partial charge is 0.178 e. The van der Waals surface area contributed by atoms with Crippen LogP contribution in [0.15, 0.2) is 18.5 Å². The van der Waals surface area contributed by atoms with E-state index in [4.69, 9.17) is 0 Å². The molecule has 0 bridgehead atoms. The quantitative estimate of drug-likeness (QED) is 0.723. The molecule has 0 fully saturated rings. The van der Waals surface area contributed by atoms with Gasteiger partial charge in [-0.05, 0) is 17.5 Å². The van der Waals surface area contributed by atoms with E-state index >= 15 is 0 Å². The number of ketones is 1. The molecule has 16 heavy (non-hydrogen) atoms. The predicted molar refractivity (Wildman–Crippen MR) is 64.8 cm³/mol. The first-order chi connectivity index (χ1) is 7.50. The van der Waals surface area contributed by atoms with Crippen molar-refractivity contribution < 1.29 is 4.79 Å². The van der Waals surface area contributed by atoms with Crippen molar-refractivity contribution in [3.05, 3.63) is 29.7 Å². The fourth-order valence-corrected chi connectivity index (χ4v) is 1.96. The first-order valence-corrected chi connectivity index (χ1v) is 5.46. The molecule has 0 aliphatic heterocycles. The number of hydrogen-bond acceptors (Lipinski definition) is 2. The molecule has 0 saturated carbocycles. The molecule has 0 aliphatic carbocycles. The Kier molecular flexibility index (Phi) is 2.54. The number of pyridine rings is 1. The molecule has 0 radical (unpaired) electrons. The summed E-state index contributed by atoms with van der Waals surface area (Å²) < 4.78 is 2.06. The third-order valence-electron chi connectivity index (χ3n) is 2.89. The molecular weight excluding hydrogens is 200 g/mol. The SMILES string of the molecule is CC(=O)c1cc2c(C(C)C)cn(C)c2cn1. The van der Waals surface area contributed by atoms with Crippen LogP contribution in [0.5, 0.6) is 0 Å². The maximum absolute atomic E-state index is 11.3. The number of rotatable bonds is 2. The van der Waals surface area contributed by atoms with Crippen molar-refractivity contribution in [1.82, 2.24) is 9.55 Å². The molecule has 3 nitrogen and oxygen atoms in total. The van der Waals surface area contributed by atoms with Crippen molar-refractivity contribution >= 4 is 16.7 Å². The Labute approximate surface area is 95.1 Å². The van der Waals surface area contributed by atoms with E-state index in [1.165, 1.54) is 5.56 Å². The minimum absolute atomic E-state index is 0.0143. The number of aryl methyl sites for hydroxylation is 1. The van der Waals surface area contributed by atoms with Gasteiger partial charge in [0.25, 0.3) is 0 Å². The minimum Gasteiger partial charge on any atom is -0.349 e.